The molecule has 1 aromatic heterocycles. The van der Waals surface area contributed by atoms with Crippen LogP contribution in [-0.2, 0) is 4.79 Å². The van der Waals surface area contributed by atoms with Gasteiger partial charge in [0.1, 0.15) is 0 Å². The van der Waals surface area contributed by atoms with Crippen LogP contribution in [0.2, 0.25) is 0 Å². The Kier molecular flexibility index (Phi) is 4.93. The average molecular weight is 301 g/mol. The number of carbonyl (C=O) groups excluding carboxylic acids is 1. The number of carbonyl (C=O) groups is 2. The number of benzene rings is 1. The van der Waals surface area contributed by atoms with Crippen molar-refractivity contribution in [3.63, 3.8) is 0 Å². The monoisotopic (exact) mass is 301 g/mol. The lowest BCUT2D eigenvalue weighted by molar-refractivity contribution is -0.137. The largest absolute Gasteiger partial charge is 0.481 e. The molecule has 0 aliphatic heterocycles. The first-order chi connectivity index (χ1) is 10.5. The standard InChI is InChI=1S/C16H19N3O3/c1-12(2)18(10-9-15(20)21)16(22)14-8-11-19(17-14)13-6-4-3-5-7-13/h3-8,11-12H,9-10H2,1-2H3,(H,20,21). The normalized spacial score (nSPS) is 10.7. The second kappa shape index (κ2) is 6.89. The Bertz CT molecular complexity index is 650. The van der Waals surface area contributed by atoms with Gasteiger partial charge in [0.2, 0.25) is 0 Å². The van der Waals surface area contributed by atoms with Gasteiger partial charge in [-0.1, -0.05) is 18.2 Å². The third-order valence-corrected chi connectivity index (χ3v) is 3.28. The van der Waals surface area contributed by atoms with Crippen LogP contribution in [0, 0.1) is 0 Å². The van der Waals surface area contributed by atoms with Gasteiger partial charge in [0.25, 0.3) is 5.91 Å². The van der Waals surface area contributed by atoms with Crippen LogP contribution in [0.4, 0.5) is 0 Å². The number of hydrogen-bond acceptors (Lipinski definition) is 3. The number of rotatable bonds is 6. The maximum Gasteiger partial charge on any atom is 0.305 e. The molecular weight excluding hydrogens is 282 g/mol. The molecule has 2 aromatic rings. The van der Waals surface area contributed by atoms with Gasteiger partial charge in [-0.15, -0.1) is 0 Å². The van der Waals surface area contributed by atoms with Gasteiger partial charge in [-0.2, -0.15) is 5.10 Å². The number of amides is 1. The highest BCUT2D eigenvalue weighted by molar-refractivity contribution is 5.92. The minimum Gasteiger partial charge on any atom is -0.481 e. The molecule has 0 aliphatic rings. The van der Waals surface area contributed by atoms with E-state index in [2.05, 4.69) is 5.10 Å². The van der Waals surface area contributed by atoms with Gasteiger partial charge in [0.05, 0.1) is 12.1 Å². The number of carboxylic acids is 1. The molecule has 0 fully saturated rings. The highest BCUT2D eigenvalue weighted by Gasteiger charge is 2.21. The van der Waals surface area contributed by atoms with E-state index in [0.29, 0.717) is 5.69 Å². The predicted molar refractivity (Wildman–Crippen MR) is 82.0 cm³/mol. The third-order valence-electron chi connectivity index (χ3n) is 3.28. The summed E-state index contributed by atoms with van der Waals surface area (Å²) in [5.74, 6) is -1.18. The zero-order valence-corrected chi connectivity index (χ0v) is 12.6. The zero-order valence-electron chi connectivity index (χ0n) is 12.6. The topological polar surface area (TPSA) is 75.4 Å². The lowest BCUT2D eigenvalue weighted by Crippen LogP contribution is -2.38. The van der Waals surface area contributed by atoms with Crippen LogP contribution in [-0.4, -0.2) is 44.3 Å². The number of carboxylic acid groups (broad SMARTS) is 1. The van der Waals surface area contributed by atoms with Gasteiger partial charge in [0, 0.05) is 18.8 Å². The molecule has 116 valence electrons. The summed E-state index contributed by atoms with van der Waals surface area (Å²) in [6, 6.07) is 11.0. The number of hydrogen-bond donors (Lipinski definition) is 1. The molecular formula is C16H19N3O3. The van der Waals surface area contributed by atoms with Crippen molar-refractivity contribution < 1.29 is 14.7 Å². The Morgan fingerprint density at radius 1 is 1.23 bits per heavy atom. The van der Waals surface area contributed by atoms with Crippen LogP contribution in [0.5, 0.6) is 0 Å². The summed E-state index contributed by atoms with van der Waals surface area (Å²) < 4.78 is 1.63. The van der Waals surface area contributed by atoms with Crippen LogP contribution >= 0.6 is 0 Å². The quantitative estimate of drug-likeness (QED) is 0.887. The molecule has 0 radical (unpaired) electrons. The molecule has 2 rings (SSSR count). The number of aromatic nitrogens is 2. The molecule has 0 bridgehead atoms. The number of aliphatic carboxylic acids is 1. The van der Waals surface area contributed by atoms with Crippen molar-refractivity contribution in [3.8, 4) is 5.69 Å². The molecule has 1 N–H and O–H groups in total. The summed E-state index contributed by atoms with van der Waals surface area (Å²) in [4.78, 5) is 24.7. The summed E-state index contributed by atoms with van der Waals surface area (Å²) in [5, 5.41) is 13.1. The van der Waals surface area contributed by atoms with Gasteiger partial charge in [-0.25, -0.2) is 4.68 Å². The van der Waals surface area contributed by atoms with Crippen LogP contribution in [0.15, 0.2) is 42.6 Å². The molecule has 0 spiro atoms. The lowest BCUT2D eigenvalue weighted by Gasteiger charge is -2.25. The second-order valence-electron chi connectivity index (χ2n) is 5.22. The first-order valence-electron chi connectivity index (χ1n) is 7.13. The van der Waals surface area contributed by atoms with E-state index in [4.69, 9.17) is 5.11 Å². The lowest BCUT2D eigenvalue weighted by atomic mass is 10.2. The molecule has 1 amide bonds. The van der Waals surface area contributed by atoms with Crippen LogP contribution in [0.3, 0.4) is 0 Å². The number of para-hydroxylation sites is 1. The smallest absolute Gasteiger partial charge is 0.305 e. The molecule has 22 heavy (non-hydrogen) atoms. The molecule has 1 aromatic carbocycles. The Labute approximate surface area is 129 Å². The summed E-state index contributed by atoms with van der Waals surface area (Å²) in [6.07, 6.45) is 1.64. The van der Waals surface area contributed by atoms with Gasteiger partial charge >= 0.3 is 5.97 Å². The van der Waals surface area contributed by atoms with Gasteiger partial charge < -0.3 is 10.0 Å². The van der Waals surface area contributed by atoms with Crippen molar-refractivity contribution >= 4 is 11.9 Å². The van der Waals surface area contributed by atoms with Crippen molar-refractivity contribution in [2.24, 2.45) is 0 Å². The van der Waals surface area contributed by atoms with E-state index in [1.807, 2.05) is 44.2 Å². The first kappa shape index (κ1) is 15.8. The summed E-state index contributed by atoms with van der Waals surface area (Å²) in [5.41, 5.74) is 1.17. The Morgan fingerprint density at radius 2 is 1.91 bits per heavy atom. The van der Waals surface area contributed by atoms with E-state index in [1.54, 1.807) is 16.9 Å². The van der Waals surface area contributed by atoms with Crippen molar-refractivity contribution in [1.82, 2.24) is 14.7 Å². The maximum absolute atomic E-state index is 12.5. The fourth-order valence-electron chi connectivity index (χ4n) is 2.12. The number of nitrogens with zero attached hydrogens (tertiary/aromatic N) is 3. The summed E-state index contributed by atoms with van der Waals surface area (Å²) in [6.45, 7) is 3.88. The Balaban J connectivity index is 2.17. The molecule has 0 atom stereocenters. The van der Waals surface area contributed by atoms with Gasteiger partial charge in [0.15, 0.2) is 5.69 Å². The highest BCUT2D eigenvalue weighted by Crippen LogP contribution is 2.11. The van der Waals surface area contributed by atoms with Crippen LogP contribution in [0.25, 0.3) is 5.69 Å². The predicted octanol–water partition coefficient (Wildman–Crippen LogP) is 2.20. The molecule has 0 unspecified atom stereocenters. The third kappa shape index (κ3) is 3.72. The molecule has 6 heteroatoms. The fraction of sp³-hybridized carbons (Fsp3) is 0.312. The molecule has 6 nitrogen and oxygen atoms in total. The first-order valence-corrected chi connectivity index (χ1v) is 7.13. The van der Waals surface area contributed by atoms with Crippen LogP contribution in [0.1, 0.15) is 30.8 Å². The zero-order chi connectivity index (χ0) is 16.1. The van der Waals surface area contributed by atoms with Crippen LogP contribution < -0.4 is 0 Å². The minimum atomic E-state index is -0.923. The second-order valence-corrected chi connectivity index (χ2v) is 5.22. The van der Waals surface area contributed by atoms with E-state index in [-0.39, 0.29) is 24.9 Å². The van der Waals surface area contributed by atoms with E-state index in [9.17, 15) is 9.59 Å². The van der Waals surface area contributed by atoms with E-state index in [1.165, 1.54) is 4.90 Å². The van der Waals surface area contributed by atoms with Crippen molar-refractivity contribution in [3.05, 3.63) is 48.3 Å². The molecule has 0 saturated carbocycles. The SMILES string of the molecule is CC(C)N(CCC(=O)O)C(=O)c1ccn(-c2ccccc2)n1. The van der Waals surface area contributed by atoms with Crippen molar-refractivity contribution in [2.45, 2.75) is 26.3 Å². The fourth-order valence-corrected chi connectivity index (χ4v) is 2.12. The maximum atomic E-state index is 12.5. The highest BCUT2D eigenvalue weighted by atomic mass is 16.4. The van der Waals surface area contributed by atoms with Gasteiger partial charge in [-0.05, 0) is 32.0 Å². The summed E-state index contributed by atoms with van der Waals surface area (Å²) >= 11 is 0. The van der Waals surface area contributed by atoms with Crippen molar-refractivity contribution in [2.75, 3.05) is 6.54 Å². The minimum absolute atomic E-state index is 0.0800. The Hall–Kier alpha value is -2.63. The molecule has 1 heterocycles. The summed E-state index contributed by atoms with van der Waals surface area (Å²) in [7, 11) is 0. The van der Waals surface area contributed by atoms with E-state index < -0.39 is 5.97 Å². The van der Waals surface area contributed by atoms with E-state index in [0.717, 1.165) is 5.69 Å². The van der Waals surface area contributed by atoms with E-state index >= 15 is 0 Å². The van der Waals surface area contributed by atoms with Crippen molar-refractivity contribution in [1.29, 1.82) is 0 Å². The Morgan fingerprint density at radius 3 is 2.50 bits per heavy atom. The average Bonchev–Trinajstić information content (AvgIpc) is 2.97. The molecule has 0 aliphatic carbocycles. The van der Waals surface area contributed by atoms with Gasteiger partial charge in [-0.3, -0.25) is 9.59 Å². The molecule has 0 saturated heterocycles.